The fraction of sp³-hybridized carbons (Fsp3) is 0.552. The Balaban J connectivity index is 1.39. The molecule has 41 heavy (non-hydrogen) atoms. The zero-order chi connectivity index (χ0) is 29.4. The minimum atomic E-state index is -0.550. The van der Waals surface area contributed by atoms with Crippen LogP contribution in [0.3, 0.4) is 0 Å². The average molecular weight is 563 g/mol. The molecule has 2 aromatic rings. The number of ether oxygens (including phenoxy) is 2. The first kappa shape index (κ1) is 28.4. The summed E-state index contributed by atoms with van der Waals surface area (Å²) in [6.45, 7) is 9.53. The number of nitriles is 1. The van der Waals surface area contributed by atoms with Crippen LogP contribution >= 0.6 is 0 Å². The highest BCUT2D eigenvalue weighted by Crippen LogP contribution is 2.43. The van der Waals surface area contributed by atoms with Crippen molar-refractivity contribution in [3.8, 4) is 12.1 Å². The number of nitrogens with two attached hydrogens (primary N) is 1. The van der Waals surface area contributed by atoms with Gasteiger partial charge in [-0.05, 0) is 71.8 Å². The molecule has 3 N–H and O–H groups in total. The van der Waals surface area contributed by atoms with Gasteiger partial charge in [0.1, 0.15) is 23.8 Å². The number of nitrogens with zero attached hydrogens (tertiary/aromatic N) is 6. The quantitative estimate of drug-likeness (QED) is 0.515. The van der Waals surface area contributed by atoms with Crippen LogP contribution in [0.25, 0.3) is 0 Å². The van der Waals surface area contributed by atoms with Gasteiger partial charge in [0.05, 0.1) is 0 Å². The summed E-state index contributed by atoms with van der Waals surface area (Å²) in [4.78, 5) is 39.6. The van der Waals surface area contributed by atoms with Gasteiger partial charge in [0.2, 0.25) is 5.91 Å². The van der Waals surface area contributed by atoms with Crippen molar-refractivity contribution < 1.29 is 19.1 Å². The molecule has 218 valence electrons. The van der Waals surface area contributed by atoms with Crippen LogP contribution in [-0.2, 0) is 4.74 Å². The highest BCUT2D eigenvalue weighted by atomic mass is 16.6. The second-order valence-corrected chi connectivity index (χ2v) is 12.3. The summed E-state index contributed by atoms with van der Waals surface area (Å²) in [5, 5.41) is 13.4. The lowest BCUT2D eigenvalue weighted by atomic mass is 9.79. The number of carbonyl (C=O) groups excluding carboxylic acids is 2. The van der Waals surface area contributed by atoms with Gasteiger partial charge in [-0.3, -0.25) is 4.79 Å². The van der Waals surface area contributed by atoms with Gasteiger partial charge in [-0.1, -0.05) is 6.07 Å². The minimum Gasteiger partial charge on any atom is -0.462 e. The van der Waals surface area contributed by atoms with Crippen LogP contribution in [0.1, 0.15) is 56.0 Å². The zero-order valence-electron chi connectivity index (χ0n) is 24.1. The molecular weight excluding hydrogens is 524 g/mol. The molecule has 3 saturated heterocycles. The van der Waals surface area contributed by atoms with Crippen molar-refractivity contribution in [1.29, 1.82) is 5.26 Å². The first-order chi connectivity index (χ1) is 19.4. The number of amides is 2. The predicted molar refractivity (Wildman–Crippen MR) is 153 cm³/mol. The molecule has 3 aliphatic rings. The number of anilines is 3. The van der Waals surface area contributed by atoms with Crippen LogP contribution < -0.4 is 20.7 Å². The molecule has 0 aliphatic carbocycles. The number of likely N-dealkylation sites (N-methyl/N-ethyl adjacent to an activating group) is 1. The fourth-order valence-corrected chi connectivity index (χ4v) is 5.76. The molecule has 4 heterocycles. The molecule has 0 bridgehead atoms. The first-order valence-corrected chi connectivity index (χ1v) is 14.0. The maximum absolute atomic E-state index is 12.5. The minimum absolute atomic E-state index is 0.0917. The van der Waals surface area contributed by atoms with Crippen LogP contribution in [0.15, 0.2) is 24.3 Å². The summed E-state index contributed by atoms with van der Waals surface area (Å²) in [5.41, 5.74) is 6.01. The van der Waals surface area contributed by atoms with Crippen molar-refractivity contribution in [3.05, 3.63) is 35.4 Å². The standard InChI is InChI=1S/C29H38N8O4/c1-28(2,3)41-27(39)37-17-29(18-37)10-12-36(16-29)25-22(14-30)24(32-20-8-5-7-19(13-20)23(31)38)33-26(34-25)40-15-21-9-6-11-35(21)4/h5,7-8,13,21H,6,9-12,15-18H2,1-4H3,(H2,31,38)(H,32,33,34). The molecular formula is C29H38N8O4. The van der Waals surface area contributed by atoms with Crippen LogP contribution in [-0.4, -0.2) is 89.8 Å². The van der Waals surface area contributed by atoms with E-state index in [2.05, 4.69) is 33.2 Å². The van der Waals surface area contributed by atoms with Crippen molar-refractivity contribution in [2.75, 3.05) is 56.6 Å². The monoisotopic (exact) mass is 562 g/mol. The van der Waals surface area contributed by atoms with Crippen molar-refractivity contribution in [2.24, 2.45) is 11.1 Å². The van der Waals surface area contributed by atoms with Gasteiger partial charge in [0.25, 0.3) is 0 Å². The SMILES string of the molecule is CN1CCCC1COc1nc(Nc2cccc(C(N)=O)c2)c(C#N)c(N2CCC3(CN(C(=O)OC(C)(C)C)C3)C2)n1. The van der Waals surface area contributed by atoms with E-state index in [0.717, 1.165) is 25.8 Å². The normalized spacial score (nSPS) is 20.0. The molecule has 12 heteroatoms. The molecule has 3 aliphatic heterocycles. The lowest BCUT2D eigenvalue weighted by Gasteiger charge is -2.47. The highest BCUT2D eigenvalue weighted by molar-refractivity contribution is 5.94. The number of rotatable bonds is 7. The second kappa shape index (κ2) is 11.0. The van der Waals surface area contributed by atoms with E-state index in [-0.39, 0.29) is 29.1 Å². The van der Waals surface area contributed by atoms with Gasteiger partial charge in [-0.25, -0.2) is 4.79 Å². The largest absolute Gasteiger partial charge is 0.462 e. The summed E-state index contributed by atoms with van der Waals surface area (Å²) >= 11 is 0. The zero-order valence-corrected chi connectivity index (χ0v) is 24.1. The third kappa shape index (κ3) is 6.30. The van der Waals surface area contributed by atoms with Gasteiger partial charge >= 0.3 is 12.1 Å². The van der Waals surface area contributed by atoms with Crippen molar-refractivity contribution in [2.45, 2.75) is 51.7 Å². The van der Waals surface area contributed by atoms with Gasteiger partial charge < -0.3 is 35.2 Å². The molecule has 1 aromatic carbocycles. The molecule has 1 unspecified atom stereocenters. The summed E-state index contributed by atoms with van der Waals surface area (Å²) < 4.78 is 11.6. The van der Waals surface area contributed by atoms with E-state index < -0.39 is 11.5 Å². The number of hydrogen-bond donors (Lipinski definition) is 2. The molecule has 2 amide bonds. The van der Waals surface area contributed by atoms with Gasteiger partial charge in [-0.2, -0.15) is 15.2 Å². The van der Waals surface area contributed by atoms with Crippen molar-refractivity contribution >= 4 is 29.3 Å². The lowest BCUT2D eigenvalue weighted by molar-refractivity contribution is -0.0266. The molecule has 1 aromatic heterocycles. The van der Waals surface area contributed by atoms with Crippen molar-refractivity contribution in [3.63, 3.8) is 0 Å². The number of benzene rings is 1. The summed E-state index contributed by atoms with van der Waals surface area (Å²) in [6, 6.07) is 9.45. The maximum Gasteiger partial charge on any atom is 0.410 e. The Kier molecular flexibility index (Phi) is 7.66. The first-order valence-electron chi connectivity index (χ1n) is 14.0. The lowest BCUT2D eigenvalue weighted by Crippen LogP contribution is -2.60. The number of hydrogen-bond acceptors (Lipinski definition) is 10. The van der Waals surface area contributed by atoms with Gasteiger partial charge in [0, 0.05) is 48.9 Å². The molecule has 5 rings (SSSR count). The van der Waals surface area contributed by atoms with Gasteiger partial charge in [0.15, 0.2) is 11.6 Å². The predicted octanol–water partition coefficient (Wildman–Crippen LogP) is 3.11. The summed E-state index contributed by atoms with van der Waals surface area (Å²) in [6.07, 6.45) is 2.70. The number of primary amides is 1. The van der Waals surface area contributed by atoms with Crippen LogP contribution in [0, 0.1) is 16.7 Å². The van der Waals surface area contributed by atoms with Crippen LogP contribution in [0.4, 0.5) is 22.1 Å². The van der Waals surface area contributed by atoms with E-state index in [0.29, 0.717) is 55.7 Å². The van der Waals surface area contributed by atoms with E-state index in [1.165, 1.54) is 0 Å². The van der Waals surface area contributed by atoms with Gasteiger partial charge in [-0.15, -0.1) is 0 Å². The molecule has 0 radical (unpaired) electrons. The topological polar surface area (TPSA) is 150 Å². The Morgan fingerprint density at radius 3 is 2.66 bits per heavy atom. The Bertz CT molecular complexity index is 1360. The smallest absolute Gasteiger partial charge is 0.410 e. The Morgan fingerprint density at radius 2 is 2.00 bits per heavy atom. The molecule has 0 saturated carbocycles. The maximum atomic E-state index is 12.5. The van der Waals surface area contributed by atoms with E-state index in [4.69, 9.17) is 20.2 Å². The molecule has 1 atom stereocenters. The fourth-order valence-electron chi connectivity index (χ4n) is 5.76. The average Bonchev–Trinajstić information content (AvgIpc) is 3.52. The highest BCUT2D eigenvalue weighted by Gasteiger charge is 2.51. The van der Waals surface area contributed by atoms with E-state index in [1.807, 2.05) is 20.8 Å². The van der Waals surface area contributed by atoms with Crippen LogP contribution in [0.2, 0.25) is 0 Å². The second-order valence-electron chi connectivity index (χ2n) is 12.3. The third-order valence-electron chi connectivity index (χ3n) is 7.91. The summed E-state index contributed by atoms with van der Waals surface area (Å²) in [5.74, 6) is 0.225. The van der Waals surface area contributed by atoms with Crippen molar-refractivity contribution in [1.82, 2.24) is 19.8 Å². The summed E-state index contributed by atoms with van der Waals surface area (Å²) in [7, 11) is 2.08. The number of nitrogens with one attached hydrogen (secondary N) is 1. The van der Waals surface area contributed by atoms with E-state index >= 15 is 0 Å². The molecule has 1 spiro atoms. The van der Waals surface area contributed by atoms with E-state index in [9.17, 15) is 14.9 Å². The Labute approximate surface area is 240 Å². The number of likely N-dealkylation sites (tertiary alicyclic amines) is 2. The van der Waals surface area contributed by atoms with E-state index in [1.54, 1.807) is 29.2 Å². The third-order valence-corrected chi connectivity index (χ3v) is 7.91. The Hall–Kier alpha value is -4.11. The molecule has 3 fully saturated rings. The Morgan fingerprint density at radius 1 is 1.22 bits per heavy atom. The number of aromatic nitrogens is 2. The molecule has 12 nitrogen and oxygen atoms in total. The van der Waals surface area contributed by atoms with Crippen LogP contribution in [0.5, 0.6) is 6.01 Å². The number of carbonyl (C=O) groups is 2.